The Morgan fingerprint density at radius 3 is 2.81 bits per heavy atom. The Morgan fingerprint density at radius 2 is 2.00 bits per heavy atom. The van der Waals surface area contributed by atoms with E-state index in [0.717, 1.165) is 53.9 Å². The van der Waals surface area contributed by atoms with Crippen LogP contribution < -0.4 is 22.6 Å². The van der Waals surface area contributed by atoms with Crippen LogP contribution in [0.3, 0.4) is 0 Å². The molecule has 5 nitrogen and oxygen atoms in total. The molecular formula is C14H15ClFN5. The first kappa shape index (κ1) is 14.0. The van der Waals surface area contributed by atoms with Crippen molar-refractivity contribution in [3.63, 3.8) is 0 Å². The van der Waals surface area contributed by atoms with Crippen LogP contribution in [0.5, 0.6) is 0 Å². The fourth-order valence-corrected chi connectivity index (χ4v) is 2.85. The van der Waals surface area contributed by atoms with Gasteiger partial charge in [0, 0.05) is 10.9 Å². The number of anilines is 1. The summed E-state index contributed by atoms with van der Waals surface area (Å²) in [5.41, 5.74) is 2.58. The number of halogens is 2. The molecule has 3 N–H and O–H groups in total. The van der Waals surface area contributed by atoms with Crippen LogP contribution in [-0.2, 0) is 0 Å². The van der Waals surface area contributed by atoms with Gasteiger partial charge in [0.25, 0.3) is 0 Å². The molecule has 7 heteroatoms. The van der Waals surface area contributed by atoms with Gasteiger partial charge in [0.1, 0.15) is 23.2 Å². The first-order valence-electron chi connectivity index (χ1n) is 6.81. The van der Waals surface area contributed by atoms with E-state index in [1.165, 1.54) is 12.1 Å². The van der Waals surface area contributed by atoms with Crippen LogP contribution in [0.15, 0.2) is 24.5 Å². The average molecular weight is 308 g/mol. The summed E-state index contributed by atoms with van der Waals surface area (Å²) in [7, 11) is 0. The lowest BCUT2D eigenvalue weighted by Crippen LogP contribution is -3.00. The molecule has 0 aliphatic carbocycles. The Hall–Kier alpha value is -1.92. The number of aromatic nitrogens is 3. The molecule has 1 aromatic carbocycles. The molecule has 0 spiro atoms. The standard InChI is InChI=1S/C14H14FN5.ClH/c15-9-1-2-11-10(7-9)12-13(19-11)14(18-8-17-12)20-5-3-16-4-6-20;/h1-2,7-8,16,19H,3-6H2;1H. The molecule has 21 heavy (non-hydrogen) atoms. The Kier molecular flexibility index (Phi) is 3.65. The number of nitrogens with two attached hydrogens (primary N) is 1. The predicted octanol–water partition coefficient (Wildman–Crippen LogP) is -2.36. The predicted molar refractivity (Wildman–Crippen MR) is 75.2 cm³/mol. The molecule has 1 aliphatic heterocycles. The van der Waals surface area contributed by atoms with E-state index in [9.17, 15) is 4.39 Å². The summed E-state index contributed by atoms with van der Waals surface area (Å²) in [5.74, 6) is 0.672. The maximum atomic E-state index is 13.4. The van der Waals surface area contributed by atoms with Gasteiger partial charge in [-0.2, -0.15) is 0 Å². The van der Waals surface area contributed by atoms with Gasteiger partial charge in [-0.15, -0.1) is 0 Å². The van der Waals surface area contributed by atoms with Gasteiger partial charge < -0.3 is 27.6 Å². The number of quaternary nitrogens is 1. The zero-order valence-corrected chi connectivity index (χ0v) is 12.1. The highest BCUT2D eigenvalue weighted by atomic mass is 35.5. The first-order chi connectivity index (χ1) is 9.83. The average Bonchev–Trinajstić information content (AvgIpc) is 2.86. The summed E-state index contributed by atoms with van der Waals surface area (Å²) < 4.78 is 13.4. The van der Waals surface area contributed by atoms with Gasteiger partial charge in [-0.25, -0.2) is 14.4 Å². The number of nitrogens with one attached hydrogen (secondary N) is 1. The van der Waals surface area contributed by atoms with Crippen molar-refractivity contribution in [1.82, 2.24) is 15.0 Å². The van der Waals surface area contributed by atoms with Crippen LogP contribution in [0.1, 0.15) is 0 Å². The van der Waals surface area contributed by atoms with Gasteiger partial charge in [0.15, 0.2) is 5.82 Å². The molecule has 2 aromatic heterocycles. The minimum Gasteiger partial charge on any atom is -1.00 e. The van der Waals surface area contributed by atoms with Crippen LogP contribution in [0.2, 0.25) is 0 Å². The number of hydrogen-bond acceptors (Lipinski definition) is 3. The van der Waals surface area contributed by atoms with E-state index < -0.39 is 0 Å². The van der Waals surface area contributed by atoms with E-state index in [0.29, 0.717) is 0 Å². The lowest BCUT2D eigenvalue weighted by molar-refractivity contribution is -0.655. The van der Waals surface area contributed by atoms with Crippen LogP contribution in [0.4, 0.5) is 10.2 Å². The van der Waals surface area contributed by atoms with Gasteiger partial charge in [-0.1, -0.05) is 0 Å². The highest BCUT2D eigenvalue weighted by molar-refractivity contribution is 6.08. The molecule has 0 unspecified atom stereocenters. The number of fused-ring (bicyclic) bond motifs is 3. The summed E-state index contributed by atoms with van der Waals surface area (Å²) in [6.45, 7) is 4.08. The van der Waals surface area contributed by atoms with Crippen molar-refractivity contribution in [2.24, 2.45) is 0 Å². The molecule has 0 amide bonds. The zero-order valence-electron chi connectivity index (χ0n) is 11.3. The zero-order chi connectivity index (χ0) is 13.5. The second-order valence-corrected chi connectivity index (χ2v) is 5.09. The minimum absolute atomic E-state index is 0. The largest absolute Gasteiger partial charge is 1.00 e. The molecule has 1 saturated heterocycles. The fraction of sp³-hybridized carbons (Fsp3) is 0.286. The van der Waals surface area contributed by atoms with Gasteiger partial charge in [0.05, 0.1) is 26.2 Å². The topological polar surface area (TPSA) is 61.4 Å². The Labute approximate surface area is 127 Å². The number of H-pyrrole nitrogens is 1. The van der Waals surface area contributed by atoms with Crippen LogP contribution in [-0.4, -0.2) is 41.1 Å². The third-order valence-corrected chi connectivity index (χ3v) is 3.83. The number of aromatic amines is 1. The van der Waals surface area contributed by atoms with E-state index in [2.05, 4.69) is 25.2 Å². The SMILES string of the molecule is Fc1ccc2[nH]c3c(N4CC[NH2+]CC4)ncnc3c2c1.[Cl-]. The Bertz CT molecular complexity index is 781. The summed E-state index contributed by atoms with van der Waals surface area (Å²) in [4.78, 5) is 14.3. The number of benzene rings is 1. The quantitative estimate of drug-likeness (QED) is 0.529. The van der Waals surface area contributed by atoms with E-state index in [4.69, 9.17) is 0 Å². The van der Waals surface area contributed by atoms with Crippen LogP contribution >= 0.6 is 0 Å². The molecule has 0 radical (unpaired) electrons. The highest BCUT2D eigenvalue weighted by Crippen LogP contribution is 2.29. The molecule has 4 rings (SSSR count). The van der Waals surface area contributed by atoms with Gasteiger partial charge in [0.2, 0.25) is 0 Å². The molecule has 110 valence electrons. The smallest absolute Gasteiger partial charge is 0.156 e. The van der Waals surface area contributed by atoms with E-state index in [-0.39, 0.29) is 18.2 Å². The molecular weight excluding hydrogens is 293 g/mol. The van der Waals surface area contributed by atoms with Crippen molar-refractivity contribution in [3.8, 4) is 0 Å². The maximum Gasteiger partial charge on any atom is 0.156 e. The van der Waals surface area contributed by atoms with Crippen molar-refractivity contribution >= 4 is 27.8 Å². The van der Waals surface area contributed by atoms with E-state index in [1.54, 1.807) is 12.4 Å². The van der Waals surface area contributed by atoms with Crippen molar-refractivity contribution < 1.29 is 22.1 Å². The fourth-order valence-electron chi connectivity index (χ4n) is 2.85. The third kappa shape index (κ3) is 2.30. The van der Waals surface area contributed by atoms with E-state index >= 15 is 0 Å². The Morgan fingerprint density at radius 1 is 1.19 bits per heavy atom. The molecule has 3 heterocycles. The summed E-state index contributed by atoms with van der Waals surface area (Å²) in [6, 6.07) is 4.73. The lowest BCUT2D eigenvalue weighted by atomic mass is 10.2. The van der Waals surface area contributed by atoms with Crippen LogP contribution in [0.25, 0.3) is 21.9 Å². The number of piperazine rings is 1. The molecule has 0 saturated carbocycles. The monoisotopic (exact) mass is 307 g/mol. The van der Waals surface area contributed by atoms with Crippen molar-refractivity contribution in [2.45, 2.75) is 0 Å². The molecule has 1 fully saturated rings. The normalized spacial score (nSPS) is 15.4. The highest BCUT2D eigenvalue weighted by Gasteiger charge is 2.19. The second-order valence-electron chi connectivity index (χ2n) is 5.09. The number of hydrogen-bond donors (Lipinski definition) is 2. The molecule has 0 atom stereocenters. The summed E-state index contributed by atoms with van der Waals surface area (Å²) >= 11 is 0. The number of rotatable bonds is 1. The lowest BCUT2D eigenvalue weighted by Gasteiger charge is -2.26. The second kappa shape index (κ2) is 5.46. The third-order valence-electron chi connectivity index (χ3n) is 3.83. The van der Waals surface area contributed by atoms with Gasteiger partial charge >= 0.3 is 0 Å². The molecule has 3 aromatic rings. The summed E-state index contributed by atoms with van der Waals surface area (Å²) in [5, 5.41) is 3.11. The van der Waals surface area contributed by atoms with Crippen molar-refractivity contribution in [3.05, 3.63) is 30.3 Å². The maximum absolute atomic E-state index is 13.4. The Balaban J connectivity index is 0.00000132. The van der Waals surface area contributed by atoms with Gasteiger partial charge in [-0.05, 0) is 18.2 Å². The summed E-state index contributed by atoms with van der Waals surface area (Å²) in [6.07, 6.45) is 1.56. The van der Waals surface area contributed by atoms with Crippen LogP contribution in [0, 0.1) is 5.82 Å². The van der Waals surface area contributed by atoms with Gasteiger partial charge in [-0.3, -0.25) is 0 Å². The first-order valence-corrected chi connectivity index (χ1v) is 6.81. The van der Waals surface area contributed by atoms with Crippen molar-refractivity contribution in [1.29, 1.82) is 0 Å². The minimum atomic E-state index is -0.244. The number of nitrogens with zero attached hydrogens (tertiary/aromatic N) is 3. The van der Waals surface area contributed by atoms with Crippen molar-refractivity contribution in [2.75, 3.05) is 31.1 Å². The molecule has 1 aliphatic rings. The molecule has 0 bridgehead atoms. The van der Waals surface area contributed by atoms with E-state index in [1.807, 2.05) is 0 Å².